The third-order valence-electron chi connectivity index (χ3n) is 5.30. The van der Waals surface area contributed by atoms with Crippen LogP contribution in [0.25, 0.3) is 0 Å². The second-order valence-corrected chi connectivity index (χ2v) is 8.90. The summed E-state index contributed by atoms with van der Waals surface area (Å²) in [6.45, 7) is 4.10. The number of nitrogens with one attached hydrogen (secondary N) is 2. The molecule has 0 radical (unpaired) electrons. The Bertz CT molecular complexity index is 896. The second-order valence-electron chi connectivity index (χ2n) is 6.95. The summed E-state index contributed by atoms with van der Waals surface area (Å²) in [7, 11) is -3.65. The normalized spacial score (nSPS) is 25.6. The molecule has 0 bridgehead atoms. The van der Waals surface area contributed by atoms with E-state index in [1.165, 1.54) is 24.3 Å². The highest BCUT2D eigenvalue weighted by molar-refractivity contribution is 7.91. The number of rotatable bonds is 2. The minimum absolute atomic E-state index is 0.118. The Morgan fingerprint density at radius 2 is 1.80 bits per heavy atom. The summed E-state index contributed by atoms with van der Waals surface area (Å²) in [5.41, 5.74) is 2.10. The number of sulfone groups is 1. The van der Waals surface area contributed by atoms with Gasteiger partial charge in [0.25, 0.3) is 0 Å². The number of anilines is 1. The molecule has 2 aliphatic heterocycles. The standard InChI is InChI=1S/C19H21FN2O2S/c1-12-11-21-9-8-18-19(12)16-10-15(6-7-17(16)22-18)25(23,24)14-4-2-13(20)3-5-14/h2-7,10,12,18-19,21-22H,8-9,11H2,1H3/t12?,18?,19-/m0/s1. The molecule has 1 saturated heterocycles. The fourth-order valence-corrected chi connectivity index (χ4v) is 5.34. The molecule has 2 heterocycles. The van der Waals surface area contributed by atoms with Crippen LogP contribution in [0.5, 0.6) is 0 Å². The largest absolute Gasteiger partial charge is 0.381 e. The molecule has 132 valence electrons. The van der Waals surface area contributed by atoms with Gasteiger partial charge in [-0.3, -0.25) is 0 Å². The van der Waals surface area contributed by atoms with Crippen molar-refractivity contribution >= 4 is 15.5 Å². The van der Waals surface area contributed by atoms with Crippen molar-refractivity contribution in [1.29, 1.82) is 0 Å². The molecule has 2 aromatic rings. The van der Waals surface area contributed by atoms with Crippen LogP contribution in [-0.2, 0) is 9.84 Å². The zero-order valence-corrected chi connectivity index (χ0v) is 14.8. The van der Waals surface area contributed by atoms with Gasteiger partial charge in [0.15, 0.2) is 0 Å². The van der Waals surface area contributed by atoms with Gasteiger partial charge in [-0.25, -0.2) is 12.8 Å². The van der Waals surface area contributed by atoms with Gasteiger partial charge < -0.3 is 10.6 Å². The Hall–Kier alpha value is -1.92. The Kier molecular flexibility index (Phi) is 4.04. The van der Waals surface area contributed by atoms with Crippen LogP contribution in [0.1, 0.15) is 24.8 Å². The summed E-state index contributed by atoms with van der Waals surface area (Å²) in [6.07, 6.45) is 1.02. The first-order valence-electron chi connectivity index (χ1n) is 8.58. The number of fused-ring (bicyclic) bond motifs is 3. The fraction of sp³-hybridized carbons (Fsp3) is 0.368. The summed E-state index contributed by atoms with van der Waals surface area (Å²) in [4.78, 5) is 0.386. The summed E-state index contributed by atoms with van der Waals surface area (Å²) in [6, 6.07) is 10.6. The molecule has 4 rings (SSSR count). The lowest BCUT2D eigenvalue weighted by molar-refractivity contribution is 0.443. The molecule has 25 heavy (non-hydrogen) atoms. The number of hydrogen-bond donors (Lipinski definition) is 2. The van der Waals surface area contributed by atoms with E-state index in [0.717, 1.165) is 30.8 Å². The second kappa shape index (κ2) is 6.11. The van der Waals surface area contributed by atoms with Crippen LogP contribution in [-0.4, -0.2) is 27.5 Å². The highest BCUT2D eigenvalue weighted by Gasteiger charge is 2.37. The van der Waals surface area contributed by atoms with Crippen molar-refractivity contribution in [2.45, 2.75) is 35.1 Å². The Morgan fingerprint density at radius 3 is 2.56 bits per heavy atom. The lowest BCUT2D eigenvalue weighted by Crippen LogP contribution is -2.25. The van der Waals surface area contributed by atoms with Crippen molar-refractivity contribution in [2.24, 2.45) is 5.92 Å². The van der Waals surface area contributed by atoms with E-state index in [9.17, 15) is 12.8 Å². The first kappa shape index (κ1) is 16.5. The van der Waals surface area contributed by atoms with Crippen molar-refractivity contribution in [2.75, 3.05) is 18.4 Å². The summed E-state index contributed by atoms with van der Waals surface area (Å²) >= 11 is 0. The molecule has 2 unspecified atom stereocenters. The predicted octanol–water partition coefficient (Wildman–Crippen LogP) is 3.17. The summed E-state index contributed by atoms with van der Waals surface area (Å²) < 4.78 is 38.9. The fourth-order valence-electron chi connectivity index (χ4n) is 4.04. The molecular weight excluding hydrogens is 339 g/mol. The average molecular weight is 360 g/mol. The van der Waals surface area contributed by atoms with Crippen LogP contribution in [0.3, 0.4) is 0 Å². The van der Waals surface area contributed by atoms with E-state index >= 15 is 0 Å². The Morgan fingerprint density at radius 1 is 1.08 bits per heavy atom. The highest BCUT2D eigenvalue weighted by Crippen LogP contribution is 2.43. The molecular formula is C19H21FN2O2S. The molecule has 2 N–H and O–H groups in total. The van der Waals surface area contributed by atoms with Gasteiger partial charge in [0.2, 0.25) is 9.84 Å². The van der Waals surface area contributed by atoms with Crippen LogP contribution in [0.15, 0.2) is 52.3 Å². The first-order valence-corrected chi connectivity index (χ1v) is 10.1. The zero-order valence-electron chi connectivity index (χ0n) is 14.0. The molecule has 4 nitrogen and oxygen atoms in total. The van der Waals surface area contributed by atoms with Crippen molar-refractivity contribution in [1.82, 2.24) is 5.32 Å². The van der Waals surface area contributed by atoms with Gasteiger partial charge in [-0.15, -0.1) is 0 Å². The monoisotopic (exact) mass is 360 g/mol. The lowest BCUT2D eigenvalue weighted by atomic mass is 9.84. The average Bonchev–Trinajstić information content (AvgIpc) is 2.86. The van der Waals surface area contributed by atoms with E-state index in [-0.39, 0.29) is 9.79 Å². The van der Waals surface area contributed by atoms with E-state index in [4.69, 9.17) is 0 Å². The smallest absolute Gasteiger partial charge is 0.206 e. The lowest BCUT2D eigenvalue weighted by Gasteiger charge is -2.22. The summed E-state index contributed by atoms with van der Waals surface area (Å²) in [5.74, 6) is 0.276. The Balaban J connectivity index is 1.76. The van der Waals surface area contributed by atoms with E-state index in [1.807, 2.05) is 6.07 Å². The Labute approximate surface area is 147 Å². The van der Waals surface area contributed by atoms with Gasteiger partial charge in [-0.1, -0.05) is 6.92 Å². The maximum atomic E-state index is 13.1. The molecule has 0 saturated carbocycles. The van der Waals surface area contributed by atoms with Crippen molar-refractivity contribution in [3.63, 3.8) is 0 Å². The van der Waals surface area contributed by atoms with Gasteiger partial charge >= 0.3 is 0 Å². The molecule has 0 amide bonds. The van der Waals surface area contributed by atoms with Crippen molar-refractivity contribution in [3.05, 3.63) is 53.8 Å². The van der Waals surface area contributed by atoms with Gasteiger partial charge in [-0.05, 0) is 73.5 Å². The topological polar surface area (TPSA) is 58.2 Å². The van der Waals surface area contributed by atoms with Crippen LogP contribution in [0.4, 0.5) is 10.1 Å². The molecule has 0 aromatic heterocycles. The van der Waals surface area contributed by atoms with E-state index < -0.39 is 15.7 Å². The molecule has 0 aliphatic carbocycles. The minimum Gasteiger partial charge on any atom is -0.381 e. The maximum absolute atomic E-state index is 13.1. The minimum atomic E-state index is -3.65. The number of halogens is 1. The van der Waals surface area contributed by atoms with Gasteiger partial charge in [0.1, 0.15) is 5.82 Å². The molecule has 2 aliphatic rings. The summed E-state index contributed by atoms with van der Waals surface area (Å²) in [5, 5.41) is 6.99. The van der Waals surface area contributed by atoms with Crippen LogP contribution < -0.4 is 10.6 Å². The van der Waals surface area contributed by atoms with Crippen LogP contribution >= 0.6 is 0 Å². The number of hydrogen-bond acceptors (Lipinski definition) is 4. The third-order valence-corrected chi connectivity index (χ3v) is 7.07. The van der Waals surface area contributed by atoms with Crippen LogP contribution in [0, 0.1) is 11.7 Å². The third kappa shape index (κ3) is 2.83. The van der Waals surface area contributed by atoms with E-state index in [0.29, 0.717) is 17.9 Å². The molecule has 3 atom stereocenters. The number of benzene rings is 2. The zero-order chi connectivity index (χ0) is 17.6. The van der Waals surface area contributed by atoms with E-state index in [1.54, 1.807) is 12.1 Å². The highest BCUT2D eigenvalue weighted by atomic mass is 32.2. The molecule has 6 heteroatoms. The SMILES string of the molecule is CC1CNCCC2Nc3ccc(S(=O)(=O)c4ccc(F)cc4)cc3[C@H]12. The molecule has 0 spiro atoms. The maximum Gasteiger partial charge on any atom is 0.206 e. The molecule has 2 aromatic carbocycles. The van der Waals surface area contributed by atoms with Gasteiger partial charge in [0, 0.05) is 17.6 Å². The van der Waals surface area contributed by atoms with Crippen LogP contribution in [0.2, 0.25) is 0 Å². The van der Waals surface area contributed by atoms with Crippen molar-refractivity contribution < 1.29 is 12.8 Å². The van der Waals surface area contributed by atoms with E-state index in [2.05, 4.69) is 17.6 Å². The quantitative estimate of drug-likeness (QED) is 0.808. The molecule has 1 fully saturated rings. The van der Waals surface area contributed by atoms with Crippen molar-refractivity contribution in [3.8, 4) is 0 Å². The van der Waals surface area contributed by atoms with Gasteiger partial charge in [-0.2, -0.15) is 0 Å². The van der Waals surface area contributed by atoms with Gasteiger partial charge in [0.05, 0.1) is 9.79 Å². The predicted molar refractivity (Wildman–Crippen MR) is 95.1 cm³/mol. The first-order chi connectivity index (χ1) is 12.0.